The van der Waals surface area contributed by atoms with Crippen LogP contribution in [0.25, 0.3) is 95.0 Å². The second-order valence-corrected chi connectivity index (χ2v) is 23.2. The van der Waals surface area contributed by atoms with E-state index >= 15 is 0 Å². The summed E-state index contributed by atoms with van der Waals surface area (Å²) in [6.07, 6.45) is 0. The molecule has 0 saturated carbocycles. The number of hydrogen-bond acceptors (Lipinski definition) is 5. The minimum Gasteiger partial charge on any atom is -0.309 e. The maximum atomic E-state index is 9.67. The van der Waals surface area contributed by atoms with Crippen LogP contribution in [0.15, 0.2) is 279 Å². The van der Waals surface area contributed by atoms with Crippen LogP contribution in [0.3, 0.4) is 0 Å². The van der Waals surface area contributed by atoms with Crippen LogP contribution in [0.5, 0.6) is 0 Å². The number of hydrogen-bond donors (Lipinski definition) is 0. The number of nitrogens with zero attached hydrogens (tertiary/aromatic N) is 6. The minimum absolute atomic E-state index is 0.542. The van der Waals surface area contributed by atoms with Crippen molar-refractivity contribution in [2.24, 2.45) is 0 Å². The van der Waals surface area contributed by atoms with Gasteiger partial charge in [-0.15, -0.1) is 0 Å². The second kappa shape index (κ2) is 20.3. The van der Waals surface area contributed by atoms with Gasteiger partial charge in [0.15, 0.2) is 25.5 Å². The summed E-state index contributed by atoms with van der Waals surface area (Å²) in [5, 5.41) is 26.6. The molecule has 6 nitrogen and oxygen atoms in total. The molecule has 0 N–H and O–H groups in total. The molecule has 0 aliphatic heterocycles. The SMILES string of the molecule is N#Cc1ccc(-c2ccc3c4ccc(-c5ccc(C#N)cc5)cc4n(-c4ccc(-c5cccc([Si](c6ccccc6)(c6ccccc6)c6ccccc6)c5)c(-c5nc(-c6ccccc6)nc(-c6ccccc6)n5)c4)c3c2)cc1. The Labute approximate surface area is 453 Å². The Balaban J connectivity index is 1.10. The number of rotatable bonds is 11. The molecular weight excluding hydrogens is 965 g/mol. The fourth-order valence-corrected chi connectivity index (χ4v) is 15.9. The third-order valence-electron chi connectivity index (χ3n) is 14.9. The van der Waals surface area contributed by atoms with E-state index in [2.05, 4.69) is 187 Å². The molecule has 7 heteroatoms. The van der Waals surface area contributed by atoms with Gasteiger partial charge in [0.2, 0.25) is 0 Å². The van der Waals surface area contributed by atoms with Crippen molar-refractivity contribution < 1.29 is 0 Å². The zero-order valence-electron chi connectivity index (χ0n) is 42.2. The Hall–Kier alpha value is -10.6. The third kappa shape index (κ3) is 8.53. The van der Waals surface area contributed by atoms with Gasteiger partial charge in [-0.25, -0.2) is 15.0 Å². The van der Waals surface area contributed by atoms with Crippen LogP contribution in [-0.2, 0) is 0 Å². The molecule has 364 valence electrons. The Kier molecular flexibility index (Phi) is 12.3. The molecule has 11 aromatic carbocycles. The lowest BCUT2D eigenvalue weighted by molar-refractivity contribution is 1.07. The fraction of sp³-hybridized carbons (Fsp3) is 0. The van der Waals surface area contributed by atoms with Crippen molar-refractivity contribution in [3.8, 4) is 85.4 Å². The molecule has 0 bridgehead atoms. The Morgan fingerprint density at radius 1 is 0.295 bits per heavy atom. The van der Waals surface area contributed by atoms with E-state index in [1.807, 2.05) is 109 Å². The quantitative estimate of drug-likeness (QED) is 0.0951. The number of benzene rings is 11. The molecule has 0 radical (unpaired) electrons. The predicted octanol–water partition coefficient (Wildman–Crippen LogP) is 14.1. The molecule has 0 unspecified atom stereocenters. The van der Waals surface area contributed by atoms with E-state index in [4.69, 9.17) is 15.0 Å². The summed E-state index contributed by atoms with van der Waals surface area (Å²) in [6, 6.07) is 102. The summed E-state index contributed by atoms with van der Waals surface area (Å²) in [7, 11) is -2.94. The molecule has 2 heterocycles. The minimum atomic E-state index is -2.94. The first-order valence-corrected chi connectivity index (χ1v) is 27.9. The normalized spacial score (nSPS) is 11.3. The van der Waals surface area contributed by atoms with Gasteiger partial charge in [0.05, 0.1) is 34.3 Å². The van der Waals surface area contributed by atoms with Gasteiger partial charge in [0.1, 0.15) is 0 Å². The van der Waals surface area contributed by atoms with Crippen molar-refractivity contribution >= 4 is 50.6 Å². The van der Waals surface area contributed by atoms with Gasteiger partial charge in [-0.2, -0.15) is 10.5 Å². The molecule has 0 amide bonds. The Morgan fingerprint density at radius 2 is 0.692 bits per heavy atom. The van der Waals surface area contributed by atoms with Crippen molar-refractivity contribution in [2.45, 2.75) is 0 Å². The lowest BCUT2D eigenvalue weighted by atomic mass is 9.98. The average molecular weight is 1010 g/mol. The number of aromatic nitrogens is 4. The van der Waals surface area contributed by atoms with E-state index < -0.39 is 8.07 Å². The van der Waals surface area contributed by atoms with Crippen LogP contribution in [0.1, 0.15) is 11.1 Å². The van der Waals surface area contributed by atoms with E-state index in [0.717, 1.165) is 77.6 Å². The van der Waals surface area contributed by atoms with Crippen LogP contribution < -0.4 is 20.7 Å². The fourth-order valence-electron chi connectivity index (χ4n) is 11.2. The Bertz CT molecular complexity index is 4150. The van der Waals surface area contributed by atoms with Gasteiger partial charge >= 0.3 is 0 Å². The van der Waals surface area contributed by atoms with Gasteiger partial charge in [-0.1, -0.05) is 231 Å². The van der Waals surface area contributed by atoms with Crippen LogP contribution >= 0.6 is 0 Å². The lowest BCUT2D eigenvalue weighted by Crippen LogP contribution is -2.74. The van der Waals surface area contributed by atoms with E-state index in [1.54, 1.807) is 0 Å². The molecule has 0 atom stereocenters. The van der Waals surface area contributed by atoms with Crippen LogP contribution in [0.2, 0.25) is 0 Å². The maximum Gasteiger partial charge on any atom is 0.179 e. The number of nitriles is 2. The van der Waals surface area contributed by atoms with Gasteiger partial charge in [-0.3, -0.25) is 0 Å². The molecular formula is C71H46N6Si. The molecule has 78 heavy (non-hydrogen) atoms. The monoisotopic (exact) mass is 1010 g/mol. The predicted molar refractivity (Wildman–Crippen MR) is 320 cm³/mol. The number of fused-ring (bicyclic) bond motifs is 3. The van der Waals surface area contributed by atoms with E-state index in [1.165, 1.54) is 20.7 Å². The smallest absolute Gasteiger partial charge is 0.179 e. The highest BCUT2D eigenvalue weighted by atomic mass is 28.3. The van der Waals surface area contributed by atoms with Crippen LogP contribution in [0, 0.1) is 22.7 Å². The molecule has 0 aliphatic rings. The van der Waals surface area contributed by atoms with Gasteiger partial charge < -0.3 is 4.57 Å². The highest BCUT2D eigenvalue weighted by Gasteiger charge is 2.41. The topological polar surface area (TPSA) is 91.2 Å². The largest absolute Gasteiger partial charge is 0.309 e. The van der Waals surface area contributed by atoms with Crippen LogP contribution in [0.4, 0.5) is 0 Å². The molecule has 2 aromatic heterocycles. The van der Waals surface area contributed by atoms with Gasteiger partial charge in [0, 0.05) is 33.2 Å². The summed E-state index contributed by atoms with van der Waals surface area (Å²) in [5.41, 5.74) is 12.9. The van der Waals surface area contributed by atoms with E-state index in [-0.39, 0.29) is 0 Å². The zero-order chi connectivity index (χ0) is 52.4. The average Bonchev–Trinajstić information content (AvgIpc) is 4.06. The summed E-state index contributed by atoms with van der Waals surface area (Å²) in [6.45, 7) is 0. The molecule has 0 spiro atoms. The highest BCUT2D eigenvalue weighted by molar-refractivity contribution is 7.19. The van der Waals surface area contributed by atoms with Crippen molar-refractivity contribution in [2.75, 3.05) is 0 Å². The van der Waals surface area contributed by atoms with Crippen molar-refractivity contribution in [1.29, 1.82) is 10.5 Å². The molecule has 0 aliphatic carbocycles. The second-order valence-electron chi connectivity index (χ2n) is 19.4. The van der Waals surface area contributed by atoms with Crippen LogP contribution in [-0.4, -0.2) is 27.6 Å². The summed E-state index contributed by atoms with van der Waals surface area (Å²) >= 11 is 0. The maximum absolute atomic E-state index is 9.67. The standard InChI is InChI=1S/C71H46N6Si/c72-47-49-29-33-51(34-30-49)55-37-40-64-65-41-38-56(52-35-31-50(48-73)32-36-52)45-68(65)77(67(64)44-55)58-39-42-63(66(46-58)71-75-69(53-17-6-1-7-18-53)74-70(76-71)54-19-8-2-9-20-54)57-21-16-28-62(43-57)78(59-22-10-3-11-23-59,60-24-12-4-13-25-60)61-26-14-5-15-27-61/h1-46H. The zero-order valence-corrected chi connectivity index (χ0v) is 43.2. The molecule has 0 saturated heterocycles. The molecule has 13 aromatic rings. The van der Waals surface area contributed by atoms with Gasteiger partial charge in [-0.05, 0) is 103 Å². The van der Waals surface area contributed by atoms with Crippen molar-refractivity contribution in [3.05, 3.63) is 290 Å². The lowest BCUT2D eigenvalue weighted by Gasteiger charge is -2.34. The van der Waals surface area contributed by atoms with E-state index in [9.17, 15) is 10.5 Å². The summed E-state index contributed by atoms with van der Waals surface area (Å²) in [4.78, 5) is 16.0. The highest BCUT2D eigenvalue weighted by Crippen LogP contribution is 2.40. The summed E-state index contributed by atoms with van der Waals surface area (Å²) in [5.74, 6) is 1.69. The third-order valence-corrected chi connectivity index (χ3v) is 19.7. The molecule has 0 fully saturated rings. The van der Waals surface area contributed by atoms with Crippen molar-refractivity contribution in [3.63, 3.8) is 0 Å². The first kappa shape index (κ1) is 47.2. The summed E-state index contributed by atoms with van der Waals surface area (Å²) < 4.78 is 2.35. The van der Waals surface area contributed by atoms with Gasteiger partial charge in [0.25, 0.3) is 0 Å². The first-order valence-electron chi connectivity index (χ1n) is 25.9. The molecule has 13 rings (SSSR count). The first-order chi connectivity index (χ1) is 38.5. The Morgan fingerprint density at radius 3 is 1.14 bits per heavy atom. The van der Waals surface area contributed by atoms with Crippen molar-refractivity contribution in [1.82, 2.24) is 19.5 Å². The van der Waals surface area contributed by atoms with E-state index in [0.29, 0.717) is 28.6 Å².